The second kappa shape index (κ2) is 15.4. The van der Waals surface area contributed by atoms with Crippen LogP contribution in [0.2, 0.25) is 0 Å². The Balaban J connectivity index is 1.42. The molecule has 2 nitrogen and oxygen atoms in total. The van der Waals surface area contributed by atoms with Crippen LogP contribution in [0.1, 0.15) is 151 Å². The molecular formula is C65H73BN2. The minimum atomic E-state index is -0.143. The van der Waals surface area contributed by atoms with Crippen LogP contribution in [-0.4, -0.2) is 6.71 Å². The molecule has 0 atom stereocenters. The van der Waals surface area contributed by atoms with Crippen molar-refractivity contribution in [1.29, 1.82) is 0 Å². The molecular weight excluding hydrogens is 820 g/mol. The normalized spacial score (nSPS) is 16.0. The molecule has 0 aromatic heterocycles. The molecule has 1 aliphatic carbocycles. The van der Waals surface area contributed by atoms with E-state index in [2.05, 4.69) is 260 Å². The fourth-order valence-electron chi connectivity index (χ4n) is 12.0. The van der Waals surface area contributed by atoms with Gasteiger partial charge in [-0.25, -0.2) is 0 Å². The SMILES string of the molecule is CC(C)(C)c1ccc(N2c3ccc(C(C)(C)C)cc3B3c4cc5c(cc4N(c4c(-c6ccccc6)cc(C(C)(C)C)cc4-c4ccccc4)c4cc(C(C)(C)C)cc2c43)C(C)(C)CC5(C)C)cc1. The second-order valence-corrected chi connectivity index (χ2v) is 25.9. The van der Waals surface area contributed by atoms with E-state index in [9.17, 15) is 0 Å². The number of fused-ring (bicyclic) bond motifs is 5. The van der Waals surface area contributed by atoms with Crippen LogP contribution in [0.4, 0.5) is 34.1 Å². The third kappa shape index (κ3) is 7.55. The fourth-order valence-corrected chi connectivity index (χ4v) is 12.0. The molecule has 0 amide bonds. The maximum absolute atomic E-state index is 2.75. The topological polar surface area (TPSA) is 6.48 Å². The molecule has 2 aliphatic heterocycles. The summed E-state index contributed by atoms with van der Waals surface area (Å²) in [6.07, 6.45) is 1.10. The molecule has 3 aliphatic rings. The first-order chi connectivity index (χ1) is 31.7. The van der Waals surface area contributed by atoms with Crippen molar-refractivity contribution < 1.29 is 0 Å². The van der Waals surface area contributed by atoms with Gasteiger partial charge in [-0.3, -0.25) is 0 Å². The summed E-state index contributed by atoms with van der Waals surface area (Å²) >= 11 is 0. The zero-order valence-corrected chi connectivity index (χ0v) is 44.0. The van der Waals surface area contributed by atoms with Crippen LogP contribution in [0, 0.1) is 0 Å². The molecule has 346 valence electrons. The first-order valence-electron chi connectivity index (χ1n) is 25.3. The molecule has 0 unspecified atom stereocenters. The van der Waals surface area contributed by atoms with Gasteiger partial charge in [0.1, 0.15) is 0 Å². The Morgan fingerprint density at radius 1 is 0.397 bits per heavy atom. The lowest BCUT2D eigenvalue weighted by Gasteiger charge is -2.46. The summed E-state index contributed by atoms with van der Waals surface area (Å²) in [5.74, 6) is 0. The monoisotopic (exact) mass is 893 g/mol. The van der Waals surface area contributed by atoms with Gasteiger partial charge in [0.25, 0.3) is 6.71 Å². The van der Waals surface area contributed by atoms with Crippen molar-refractivity contribution in [3.63, 3.8) is 0 Å². The number of nitrogens with zero attached hydrogens (tertiary/aromatic N) is 2. The molecule has 0 fully saturated rings. The van der Waals surface area contributed by atoms with Gasteiger partial charge in [-0.1, -0.05) is 202 Å². The van der Waals surface area contributed by atoms with Crippen molar-refractivity contribution >= 4 is 57.2 Å². The standard InChI is InChI=1S/C65H73BN2/c1-60(2,3)43-27-30-47(31-28-43)67-54-32-29-44(61(4,5)6)35-52(54)66-53-38-50-51(65(15,16)40-64(50,13)14)39-55(53)68(57-37-46(63(10,11)12)36-56(67)58(57)66)59-48(41-23-19-17-20-24-41)33-45(62(7,8)9)34-49(59)42-25-21-18-22-26-42/h17-39H,40H2,1-16H3. The molecule has 3 heteroatoms. The fraction of sp³-hybridized carbons (Fsp3) is 0.354. The minimum Gasteiger partial charge on any atom is -0.311 e. The Morgan fingerprint density at radius 2 is 0.838 bits per heavy atom. The van der Waals surface area contributed by atoms with Gasteiger partial charge >= 0.3 is 0 Å². The average molecular weight is 893 g/mol. The molecule has 7 aromatic carbocycles. The van der Waals surface area contributed by atoms with Gasteiger partial charge in [0, 0.05) is 39.6 Å². The van der Waals surface area contributed by atoms with E-state index in [4.69, 9.17) is 0 Å². The van der Waals surface area contributed by atoms with Crippen LogP contribution >= 0.6 is 0 Å². The number of rotatable bonds is 4. The Bertz CT molecular complexity index is 3050. The van der Waals surface area contributed by atoms with Crippen molar-refractivity contribution in [2.24, 2.45) is 0 Å². The average Bonchev–Trinajstić information content (AvgIpc) is 3.45. The van der Waals surface area contributed by atoms with Crippen LogP contribution in [0.15, 0.2) is 140 Å². The highest BCUT2D eigenvalue weighted by Crippen LogP contribution is 2.55. The van der Waals surface area contributed by atoms with Crippen molar-refractivity contribution in [2.75, 3.05) is 9.80 Å². The molecule has 0 spiro atoms. The predicted octanol–water partition coefficient (Wildman–Crippen LogP) is 16.3. The van der Waals surface area contributed by atoms with Gasteiger partial charge in [-0.2, -0.15) is 0 Å². The van der Waals surface area contributed by atoms with E-state index in [0.29, 0.717) is 0 Å². The van der Waals surface area contributed by atoms with E-state index in [1.54, 1.807) is 0 Å². The Labute approximate surface area is 409 Å². The molecule has 0 saturated carbocycles. The molecule has 0 N–H and O–H groups in total. The van der Waals surface area contributed by atoms with Gasteiger partial charge in [0.2, 0.25) is 0 Å². The van der Waals surface area contributed by atoms with Crippen LogP contribution in [-0.2, 0) is 32.5 Å². The molecule has 68 heavy (non-hydrogen) atoms. The Morgan fingerprint density at radius 3 is 1.34 bits per heavy atom. The van der Waals surface area contributed by atoms with Gasteiger partial charge in [-0.15, -0.1) is 0 Å². The van der Waals surface area contributed by atoms with Crippen LogP contribution in [0.25, 0.3) is 22.3 Å². The largest absolute Gasteiger partial charge is 0.311 e. The highest BCUT2D eigenvalue weighted by molar-refractivity contribution is 7.00. The van der Waals surface area contributed by atoms with Crippen LogP contribution < -0.4 is 26.2 Å². The number of hydrogen-bond acceptors (Lipinski definition) is 2. The molecule has 0 radical (unpaired) electrons. The van der Waals surface area contributed by atoms with E-state index >= 15 is 0 Å². The van der Waals surface area contributed by atoms with Gasteiger partial charge < -0.3 is 9.80 Å². The van der Waals surface area contributed by atoms with Gasteiger partial charge in [-0.05, 0) is 148 Å². The number of anilines is 6. The molecule has 0 bridgehead atoms. The smallest absolute Gasteiger partial charge is 0.252 e. The molecule has 7 aromatic rings. The Kier molecular flexibility index (Phi) is 10.4. The summed E-state index contributed by atoms with van der Waals surface area (Å²) in [4.78, 5) is 5.36. The summed E-state index contributed by atoms with van der Waals surface area (Å²) < 4.78 is 0. The third-order valence-corrected chi connectivity index (χ3v) is 15.6. The number of hydrogen-bond donors (Lipinski definition) is 0. The lowest BCUT2D eigenvalue weighted by molar-refractivity contribution is 0.403. The maximum atomic E-state index is 2.75. The van der Waals surface area contributed by atoms with Crippen molar-refractivity contribution in [3.05, 3.63) is 173 Å². The first kappa shape index (κ1) is 46.0. The molecule has 2 heterocycles. The summed E-state index contributed by atoms with van der Waals surface area (Å²) in [7, 11) is 0. The van der Waals surface area contributed by atoms with E-state index in [0.717, 1.165) is 6.42 Å². The summed E-state index contributed by atoms with van der Waals surface area (Å²) in [6, 6.07) is 54.7. The summed E-state index contributed by atoms with van der Waals surface area (Å²) in [5.41, 5.74) is 24.7. The number of benzene rings is 7. The lowest BCUT2D eigenvalue weighted by Crippen LogP contribution is -2.62. The highest BCUT2D eigenvalue weighted by atomic mass is 15.2. The molecule has 10 rings (SSSR count). The van der Waals surface area contributed by atoms with Crippen molar-refractivity contribution in [3.8, 4) is 22.3 Å². The zero-order chi connectivity index (χ0) is 48.7. The quantitative estimate of drug-likeness (QED) is 0.162. The maximum Gasteiger partial charge on any atom is 0.252 e. The van der Waals surface area contributed by atoms with Gasteiger partial charge in [0.05, 0.1) is 5.69 Å². The molecule has 0 saturated heterocycles. The lowest BCUT2D eigenvalue weighted by atomic mass is 9.33. The van der Waals surface area contributed by atoms with Crippen LogP contribution in [0.5, 0.6) is 0 Å². The highest BCUT2D eigenvalue weighted by Gasteiger charge is 2.49. The third-order valence-electron chi connectivity index (χ3n) is 15.6. The van der Waals surface area contributed by atoms with Crippen LogP contribution in [0.3, 0.4) is 0 Å². The first-order valence-corrected chi connectivity index (χ1v) is 25.3. The minimum absolute atomic E-state index is 0.00126. The van der Waals surface area contributed by atoms with E-state index in [1.165, 1.54) is 106 Å². The Hall–Kier alpha value is -5.80. The van der Waals surface area contributed by atoms with E-state index < -0.39 is 0 Å². The van der Waals surface area contributed by atoms with Crippen molar-refractivity contribution in [1.82, 2.24) is 0 Å². The second-order valence-electron chi connectivity index (χ2n) is 25.9. The predicted molar refractivity (Wildman–Crippen MR) is 297 cm³/mol. The zero-order valence-electron chi connectivity index (χ0n) is 44.0. The van der Waals surface area contributed by atoms with E-state index in [1.807, 2.05) is 0 Å². The van der Waals surface area contributed by atoms with Gasteiger partial charge in [0.15, 0.2) is 0 Å². The van der Waals surface area contributed by atoms with E-state index in [-0.39, 0.29) is 39.2 Å². The summed E-state index contributed by atoms with van der Waals surface area (Å²) in [6.45, 7) is 38.1. The van der Waals surface area contributed by atoms with Crippen molar-refractivity contribution in [2.45, 2.75) is 150 Å². The summed E-state index contributed by atoms with van der Waals surface area (Å²) in [5, 5.41) is 0.